The van der Waals surface area contributed by atoms with E-state index in [1.165, 1.54) is 0 Å². The molecule has 0 bridgehead atoms. The van der Waals surface area contributed by atoms with Crippen LogP contribution in [0.4, 0.5) is 4.39 Å². The predicted molar refractivity (Wildman–Crippen MR) is 55.8 cm³/mol. The van der Waals surface area contributed by atoms with Crippen LogP contribution in [0.5, 0.6) is 0 Å². The van der Waals surface area contributed by atoms with Gasteiger partial charge in [-0.25, -0.2) is 4.39 Å². The van der Waals surface area contributed by atoms with Crippen LogP contribution >= 0.6 is 0 Å². The summed E-state index contributed by atoms with van der Waals surface area (Å²) in [5, 5.41) is 0. The van der Waals surface area contributed by atoms with Crippen LogP contribution in [0.15, 0.2) is 12.1 Å². The van der Waals surface area contributed by atoms with Gasteiger partial charge < -0.3 is 4.74 Å². The van der Waals surface area contributed by atoms with Gasteiger partial charge in [0.15, 0.2) is 0 Å². The molecule has 0 N–H and O–H groups in total. The normalized spacial score (nSPS) is 10.6. The third-order valence-corrected chi connectivity index (χ3v) is 2.43. The number of benzene rings is 1. The fraction of sp³-hybridized carbons (Fsp3) is 0.500. The first-order chi connectivity index (χ1) is 6.69. The second-order valence-electron chi connectivity index (χ2n) is 3.34. The van der Waals surface area contributed by atoms with Crippen molar-refractivity contribution in [2.24, 2.45) is 0 Å². The molecule has 0 amide bonds. The highest BCUT2D eigenvalue weighted by Crippen LogP contribution is 2.17. The third-order valence-electron chi connectivity index (χ3n) is 2.43. The van der Waals surface area contributed by atoms with Gasteiger partial charge in [0.05, 0.1) is 6.61 Å². The topological polar surface area (TPSA) is 9.23 Å². The molecule has 0 unspecified atom stereocenters. The van der Waals surface area contributed by atoms with E-state index >= 15 is 0 Å². The molecule has 0 atom stereocenters. The van der Waals surface area contributed by atoms with Crippen molar-refractivity contribution in [3.05, 3.63) is 34.6 Å². The lowest BCUT2D eigenvalue weighted by atomic mass is 10.0. The van der Waals surface area contributed by atoms with E-state index in [9.17, 15) is 4.39 Å². The summed E-state index contributed by atoms with van der Waals surface area (Å²) in [5.41, 5.74) is 3.19. The third kappa shape index (κ3) is 2.55. The molecular formula is C12H17FO. The summed E-state index contributed by atoms with van der Waals surface area (Å²) < 4.78 is 18.5. The summed E-state index contributed by atoms with van der Waals surface area (Å²) in [6.45, 7) is 7.17. The van der Waals surface area contributed by atoms with Crippen LogP contribution in [0.2, 0.25) is 0 Å². The predicted octanol–water partition coefficient (Wildman–Crippen LogP) is 3.23. The number of ether oxygens (including phenoxy) is 1. The number of halogens is 1. The van der Waals surface area contributed by atoms with E-state index < -0.39 is 0 Å². The summed E-state index contributed by atoms with van der Waals surface area (Å²) in [6.07, 6.45) is 0.864. The first-order valence-electron chi connectivity index (χ1n) is 5.04. The Balaban J connectivity index is 2.96. The van der Waals surface area contributed by atoms with Crippen molar-refractivity contribution in [3.8, 4) is 0 Å². The molecule has 1 aromatic rings. The van der Waals surface area contributed by atoms with Crippen LogP contribution < -0.4 is 0 Å². The fourth-order valence-electron chi connectivity index (χ4n) is 1.53. The Morgan fingerprint density at radius 1 is 1.21 bits per heavy atom. The monoisotopic (exact) mass is 196 g/mol. The SMILES string of the molecule is CCOCc1cc(F)cc(CC)c1C. The Morgan fingerprint density at radius 3 is 2.43 bits per heavy atom. The van der Waals surface area contributed by atoms with Gasteiger partial charge in [-0.1, -0.05) is 6.92 Å². The molecule has 0 aliphatic rings. The molecule has 0 saturated heterocycles. The van der Waals surface area contributed by atoms with E-state index in [1.54, 1.807) is 12.1 Å². The average Bonchev–Trinajstić information content (AvgIpc) is 2.18. The molecule has 0 spiro atoms. The van der Waals surface area contributed by atoms with E-state index in [4.69, 9.17) is 4.74 Å². The minimum absolute atomic E-state index is 0.165. The smallest absolute Gasteiger partial charge is 0.123 e. The molecule has 0 radical (unpaired) electrons. The number of rotatable bonds is 4. The minimum Gasteiger partial charge on any atom is -0.377 e. The molecule has 1 nitrogen and oxygen atoms in total. The van der Waals surface area contributed by atoms with Crippen LogP contribution in [0, 0.1) is 12.7 Å². The molecular weight excluding hydrogens is 179 g/mol. The molecule has 14 heavy (non-hydrogen) atoms. The average molecular weight is 196 g/mol. The van der Waals surface area contributed by atoms with Gasteiger partial charge >= 0.3 is 0 Å². The lowest BCUT2D eigenvalue weighted by Crippen LogP contribution is -1.99. The van der Waals surface area contributed by atoms with Gasteiger partial charge in [-0.3, -0.25) is 0 Å². The second kappa shape index (κ2) is 5.11. The highest BCUT2D eigenvalue weighted by atomic mass is 19.1. The van der Waals surface area contributed by atoms with Crippen LogP contribution in [-0.4, -0.2) is 6.61 Å². The molecule has 0 heterocycles. The lowest BCUT2D eigenvalue weighted by molar-refractivity contribution is 0.133. The summed E-state index contributed by atoms with van der Waals surface area (Å²) in [6, 6.07) is 3.16. The summed E-state index contributed by atoms with van der Waals surface area (Å²) in [7, 11) is 0. The van der Waals surface area contributed by atoms with Gasteiger partial charge in [-0.05, 0) is 49.1 Å². The lowest BCUT2D eigenvalue weighted by Gasteiger charge is -2.10. The molecule has 1 aromatic carbocycles. The van der Waals surface area contributed by atoms with E-state index in [0.29, 0.717) is 13.2 Å². The number of hydrogen-bond donors (Lipinski definition) is 0. The van der Waals surface area contributed by atoms with E-state index in [2.05, 4.69) is 0 Å². The number of hydrogen-bond acceptors (Lipinski definition) is 1. The van der Waals surface area contributed by atoms with E-state index in [-0.39, 0.29) is 5.82 Å². The van der Waals surface area contributed by atoms with E-state index in [1.807, 2.05) is 20.8 Å². The summed E-state index contributed by atoms with van der Waals surface area (Å²) in [4.78, 5) is 0. The summed E-state index contributed by atoms with van der Waals surface area (Å²) >= 11 is 0. The van der Waals surface area contributed by atoms with E-state index in [0.717, 1.165) is 23.1 Å². The van der Waals surface area contributed by atoms with Crippen LogP contribution in [0.3, 0.4) is 0 Å². The van der Waals surface area contributed by atoms with Gasteiger partial charge in [0.2, 0.25) is 0 Å². The first-order valence-corrected chi connectivity index (χ1v) is 5.04. The molecule has 2 heteroatoms. The quantitative estimate of drug-likeness (QED) is 0.718. The minimum atomic E-state index is -0.165. The molecule has 0 aromatic heterocycles. The van der Waals surface area contributed by atoms with Gasteiger partial charge in [0, 0.05) is 6.61 Å². The van der Waals surface area contributed by atoms with Crippen molar-refractivity contribution in [1.29, 1.82) is 0 Å². The van der Waals surface area contributed by atoms with Gasteiger partial charge in [0.1, 0.15) is 5.82 Å². The highest BCUT2D eigenvalue weighted by Gasteiger charge is 2.05. The first kappa shape index (κ1) is 11.2. The van der Waals surface area contributed by atoms with Gasteiger partial charge in [0.25, 0.3) is 0 Å². The maximum atomic E-state index is 13.2. The maximum Gasteiger partial charge on any atom is 0.123 e. The standard InChI is InChI=1S/C12H17FO/c1-4-10-6-12(13)7-11(9(10)3)8-14-5-2/h6-7H,4-5,8H2,1-3H3. The molecule has 1 rings (SSSR count). The van der Waals surface area contributed by atoms with Crippen LogP contribution in [-0.2, 0) is 17.8 Å². The molecule has 78 valence electrons. The van der Waals surface area contributed by atoms with Crippen molar-refractivity contribution in [1.82, 2.24) is 0 Å². The highest BCUT2D eigenvalue weighted by molar-refractivity contribution is 5.34. The van der Waals surface area contributed by atoms with Crippen molar-refractivity contribution >= 4 is 0 Å². The zero-order chi connectivity index (χ0) is 10.6. The van der Waals surface area contributed by atoms with Crippen molar-refractivity contribution in [2.45, 2.75) is 33.8 Å². The Bertz CT molecular complexity index is 307. The molecule has 0 saturated carbocycles. The Hall–Kier alpha value is -0.890. The summed E-state index contributed by atoms with van der Waals surface area (Å²) in [5.74, 6) is -0.165. The van der Waals surface area contributed by atoms with Gasteiger partial charge in [-0.15, -0.1) is 0 Å². The fourth-order valence-corrected chi connectivity index (χ4v) is 1.53. The largest absolute Gasteiger partial charge is 0.377 e. The van der Waals surface area contributed by atoms with Crippen LogP contribution in [0.25, 0.3) is 0 Å². The zero-order valence-corrected chi connectivity index (χ0v) is 9.06. The maximum absolute atomic E-state index is 13.2. The van der Waals surface area contributed by atoms with Crippen molar-refractivity contribution in [2.75, 3.05) is 6.61 Å². The molecule has 0 aliphatic carbocycles. The number of aryl methyl sites for hydroxylation is 1. The van der Waals surface area contributed by atoms with Gasteiger partial charge in [-0.2, -0.15) is 0 Å². The Labute approximate surface area is 84.9 Å². The Morgan fingerprint density at radius 2 is 1.86 bits per heavy atom. The van der Waals surface area contributed by atoms with Crippen molar-refractivity contribution in [3.63, 3.8) is 0 Å². The van der Waals surface area contributed by atoms with Crippen molar-refractivity contribution < 1.29 is 9.13 Å². The molecule has 0 fully saturated rings. The Kier molecular flexibility index (Phi) is 4.08. The van der Waals surface area contributed by atoms with Crippen LogP contribution in [0.1, 0.15) is 30.5 Å². The second-order valence-corrected chi connectivity index (χ2v) is 3.34. The molecule has 0 aliphatic heterocycles. The zero-order valence-electron chi connectivity index (χ0n) is 9.06.